The van der Waals surface area contributed by atoms with Crippen molar-refractivity contribution in [1.82, 2.24) is 0 Å². The summed E-state index contributed by atoms with van der Waals surface area (Å²) >= 11 is 0. The van der Waals surface area contributed by atoms with Crippen LogP contribution in [-0.4, -0.2) is 42.2 Å². The fourth-order valence-corrected chi connectivity index (χ4v) is 0.865. The second kappa shape index (κ2) is 6.34. The second-order valence-electron chi connectivity index (χ2n) is 2.70. The Morgan fingerprint density at radius 1 is 1.67 bits per heavy atom. The van der Waals surface area contributed by atoms with Crippen LogP contribution in [0.4, 0.5) is 0 Å². The molecular formula is C8H16BrNO2. The third-order valence-corrected chi connectivity index (χ3v) is 2.00. The summed E-state index contributed by atoms with van der Waals surface area (Å²) in [5.74, 6) is -0.0402. The van der Waals surface area contributed by atoms with Crippen molar-refractivity contribution in [3.8, 4) is 0 Å². The highest BCUT2D eigenvalue weighted by molar-refractivity contribution is 5.80. The normalized spacial score (nSPS) is 14.2. The zero-order valence-electron chi connectivity index (χ0n) is 7.59. The van der Waals surface area contributed by atoms with Gasteiger partial charge in [0.05, 0.1) is 20.2 Å². The number of nitrogens with zero attached hydrogens (tertiary/aromatic N) is 1. The molecule has 0 aromatic carbocycles. The number of hydrogen-bond acceptors (Lipinski definition) is 2. The predicted octanol–water partition coefficient (Wildman–Crippen LogP) is -2.84. The minimum atomic E-state index is -0.0402. The first-order chi connectivity index (χ1) is 5.10. The number of aliphatic hydroxyl groups excluding tert-OH is 1. The molecule has 0 aromatic heterocycles. The molecule has 3 nitrogen and oxygen atoms in total. The first kappa shape index (κ1) is 14.3. The quantitative estimate of drug-likeness (QED) is 0.423. The van der Waals surface area contributed by atoms with Crippen LogP contribution in [-0.2, 0) is 4.79 Å². The van der Waals surface area contributed by atoms with Crippen LogP contribution in [0.3, 0.4) is 0 Å². The van der Waals surface area contributed by atoms with E-state index < -0.39 is 0 Å². The number of quaternary nitrogens is 1. The molecule has 1 atom stereocenters. The Morgan fingerprint density at radius 2 is 2.17 bits per heavy atom. The van der Waals surface area contributed by atoms with Gasteiger partial charge < -0.3 is 22.1 Å². The Labute approximate surface area is 84.0 Å². The maximum atomic E-state index is 11.2. The molecule has 0 aliphatic rings. The summed E-state index contributed by atoms with van der Waals surface area (Å²) in [5, 5.41) is 8.68. The molecular weight excluding hydrogens is 222 g/mol. The lowest BCUT2D eigenvalue weighted by atomic mass is 10.3. The molecule has 72 valence electrons. The van der Waals surface area contributed by atoms with E-state index in [2.05, 4.69) is 6.58 Å². The van der Waals surface area contributed by atoms with Crippen molar-refractivity contribution in [2.24, 2.45) is 0 Å². The summed E-state index contributed by atoms with van der Waals surface area (Å²) in [6.45, 7) is 6.50. The fraction of sp³-hybridized carbons (Fsp3) is 0.625. The molecule has 0 aromatic rings. The molecule has 12 heavy (non-hydrogen) atoms. The highest BCUT2D eigenvalue weighted by atomic mass is 79.9. The van der Waals surface area contributed by atoms with Crippen LogP contribution in [0.15, 0.2) is 12.7 Å². The van der Waals surface area contributed by atoms with E-state index in [4.69, 9.17) is 5.11 Å². The molecule has 0 saturated heterocycles. The molecule has 1 unspecified atom stereocenters. The van der Waals surface area contributed by atoms with Crippen LogP contribution < -0.4 is 17.0 Å². The minimum absolute atomic E-state index is 0. The first-order valence-electron chi connectivity index (χ1n) is 3.73. The SMILES string of the molecule is C=CC(=O)[N+](C)(CC)CCO.[Br-]. The van der Waals surface area contributed by atoms with Crippen LogP contribution >= 0.6 is 0 Å². The van der Waals surface area contributed by atoms with Gasteiger partial charge in [-0.05, 0) is 6.92 Å². The van der Waals surface area contributed by atoms with Crippen molar-refractivity contribution in [2.75, 3.05) is 26.7 Å². The Morgan fingerprint density at radius 3 is 2.42 bits per heavy atom. The van der Waals surface area contributed by atoms with Gasteiger partial charge in [0.25, 0.3) is 0 Å². The van der Waals surface area contributed by atoms with E-state index in [0.717, 1.165) is 0 Å². The van der Waals surface area contributed by atoms with Crippen molar-refractivity contribution in [3.05, 3.63) is 12.7 Å². The topological polar surface area (TPSA) is 37.3 Å². The number of carbonyl (C=O) groups is 1. The van der Waals surface area contributed by atoms with Gasteiger partial charge in [-0.15, -0.1) is 0 Å². The number of halogens is 1. The molecule has 0 aliphatic heterocycles. The van der Waals surface area contributed by atoms with Gasteiger partial charge in [-0.25, -0.2) is 4.79 Å². The average molecular weight is 238 g/mol. The Balaban J connectivity index is 0. The van der Waals surface area contributed by atoms with Crippen LogP contribution in [0.5, 0.6) is 0 Å². The molecule has 0 radical (unpaired) electrons. The van der Waals surface area contributed by atoms with E-state index in [0.29, 0.717) is 13.1 Å². The zero-order valence-corrected chi connectivity index (χ0v) is 9.17. The average Bonchev–Trinajstić information content (AvgIpc) is 2.03. The Hall–Kier alpha value is -0.190. The van der Waals surface area contributed by atoms with Crippen LogP contribution in [0.1, 0.15) is 6.92 Å². The predicted molar refractivity (Wildman–Crippen MR) is 43.9 cm³/mol. The summed E-state index contributed by atoms with van der Waals surface area (Å²) in [6, 6.07) is 0. The standard InChI is InChI=1S/C8H16NO2.BrH/c1-4-8(11)9(3,5-2)6-7-10;/h4,10H,1,5-7H2,2-3H3;1H/q+1;/p-1. The molecule has 0 rings (SSSR count). The van der Waals surface area contributed by atoms with E-state index in [1.165, 1.54) is 6.08 Å². The summed E-state index contributed by atoms with van der Waals surface area (Å²) < 4.78 is 0.236. The lowest BCUT2D eigenvalue weighted by Crippen LogP contribution is -3.00. The van der Waals surface area contributed by atoms with Crippen molar-refractivity contribution < 1.29 is 31.4 Å². The number of amides is 1. The van der Waals surface area contributed by atoms with Crippen molar-refractivity contribution in [1.29, 1.82) is 0 Å². The summed E-state index contributed by atoms with van der Waals surface area (Å²) in [4.78, 5) is 11.2. The summed E-state index contributed by atoms with van der Waals surface area (Å²) in [7, 11) is 1.79. The molecule has 1 N–H and O–H groups in total. The van der Waals surface area contributed by atoms with Gasteiger partial charge in [-0.2, -0.15) is 0 Å². The van der Waals surface area contributed by atoms with Crippen LogP contribution in [0.2, 0.25) is 0 Å². The third-order valence-electron chi connectivity index (χ3n) is 2.00. The highest BCUT2D eigenvalue weighted by Crippen LogP contribution is 2.02. The summed E-state index contributed by atoms with van der Waals surface area (Å²) in [6.07, 6.45) is 1.30. The van der Waals surface area contributed by atoms with Crippen molar-refractivity contribution in [3.63, 3.8) is 0 Å². The van der Waals surface area contributed by atoms with Crippen LogP contribution in [0, 0.1) is 0 Å². The molecule has 0 saturated carbocycles. The number of hydrogen-bond donors (Lipinski definition) is 1. The summed E-state index contributed by atoms with van der Waals surface area (Å²) in [5.41, 5.74) is 0. The van der Waals surface area contributed by atoms with Crippen molar-refractivity contribution >= 4 is 5.91 Å². The third kappa shape index (κ3) is 3.47. The number of likely N-dealkylation sites (N-methyl/N-ethyl adjacent to an activating group) is 1. The molecule has 0 aliphatic carbocycles. The van der Waals surface area contributed by atoms with Gasteiger partial charge in [-0.1, -0.05) is 6.58 Å². The number of aliphatic hydroxyl groups is 1. The van der Waals surface area contributed by atoms with Gasteiger partial charge in [-0.3, -0.25) is 4.48 Å². The maximum absolute atomic E-state index is 11.2. The maximum Gasteiger partial charge on any atom is 0.337 e. The highest BCUT2D eigenvalue weighted by Gasteiger charge is 2.25. The van der Waals surface area contributed by atoms with Gasteiger partial charge in [0.1, 0.15) is 6.54 Å². The Kier molecular flexibility index (Phi) is 7.58. The molecule has 0 bridgehead atoms. The Bertz CT molecular complexity index is 161. The number of rotatable bonds is 4. The van der Waals surface area contributed by atoms with E-state index in [9.17, 15) is 4.79 Å². The smallest absolute Gasteiger partial charge is 0.337 e. The van der Waals surface area contributed by atoms with Gasteiger partial charge in [0.15, 0.2) is 0 Å². The number of carbonyl (C=O) groups excluding carboxylic acids is 1. The second-order valence-corrected chi connectivity index (χ2v) is 2.70. The lowest BCUT2D eigenvalue weighted by molar-refractivity contribution is -0.830. The molecule has 1 amide bonds. The van der Waals surface area contributed by atoms with Gasteiger partial charge in [0, 0.05) is 6.08 Å². The molecule has 0 fully saturated rings. The van der Waals surface area contributed by atoms with Gasteiger partial charge in [0.2, 0.25) is 0 Å². The van der Waals surface area contributed by atoms with E-state index >= 15 is 0 Å². The molecule has 0 heterocycles. The van der Waals surface area contributed by atoms with E-state index in [1.807, 2.05) is 6.92 Å². The molecule has 4 heteroatoms. The van der Waals surface area contributed by atoms with E-state index in [1.54, 1.807) is 7.05 Å². The van der Waals surface area contributed by atoms with Crippen LogP contribution in [0.25, 0.3) is 0 Å². The zero-order chi connectivity index (χ0) is 8.91. The van der Waals surface area contributed by atoms with Crippen molar-refractivity contribution in [2.45, 2.75) is 6.92 Å². The monoisotopic (exact) mass is 237 g/mol. The fourth-order valence-electron chi connectivity index (χ4n) is 0.865. The minimum Gasteiger partial charge on any atom is -1.00 e. The van der Waals surface area contributed by atoms with Gasteiger partial charge >= 0.3 is 5.91 Å². The first-order valence-corrected chi connectivity index (χ1v) is 3.73. The lowest BCUT2D eigenvalue weighted by Gasteiger charge is -2.28. The van der Waals surface area contributed by atoms with E-state index in [-0.39, 0.29) is 34.0 Å². The molecule has 0 spiro atoms. The largest absolute Gasteiger partial charge is 1.00 e.